The fourth-order valence-corrected chi connectivity index (χ4v) is 0.829. The molecule has 0 spiro atoms. The summed E-state index contributed by atoms with van der Waals surface area (Å²) in [7, 11) is 0. The number of allylic oxidation sites excluding steroid dienone is 2. The van der Waals surface area contributed by atoms with Crippen LogP contribution in [0.25, 0.3) is 0 Å². The molecule has 4 heteroatoms. The molecule has 0 aliphatic rings. The number of nitriles is 1. The van der Waals surface area contributed by atoms with Crippen molar-refractivity contribution in [1.29, 1.82) is 5.26 Å². The Morgan fingerprint density at radius 1 is 1.60 bits per heavy atom. The smallest absolute Gasteiger partial charge is 0.170 e. The van der Waals surface area contributed by atoms with Crippen molar-refractivity contribution >= 4 is 17.5 Å². The Labute approximate surface area is 63.3 Å². The van der Waals surface area contributed by atoms with Gasteiger partial charge in [0.25, 0.3) is 0 Å². The van der Waals surface area contributed by atoms with Crippen LogP contribution in [0.5, 0.6) is 0 Å². The molecule has 0 fully saturated rings. The number of carbonyl (C=O) groups is 1. The third-order valence-corrected chi connectivity index (χ3v) is 1.67. The van der Waals surface area contributed by atoms with E-state index in [4.69, 9.17) is 10.4 Å². The third kappa shape index (κ3) is 2.55. The van der Waals surface area contributed by atoms with Crippen molar-refractivity contribution in [3.63, 3.8) is 0 Å². The number of thioether (sulfide) groups is 1. The maximum Gasteiger partial charge on any atom is 0.170 e. The molecule has 0 amide bonds. The molecule has 0 saturated carbocycles. The van der Waals surface area contributed by atoms with Gasteiger partial charge < -0.3 is 5.11 Å². The average molecular weight is 157 g/mol. The number of thiocyanates is 1. The van der Waals surface area contributed by atoms with Gasteiger partial charge in [0.1, 0.15) is 16.1 Å². The van der Waals surface area contributed by atoms with E-state index in [0.717, 1.165) is 0 Å². The van der Waals surface area contributed by atoms with E-state index in [2.05, 4.69) is 0 Å². The maximum atomic E-state index is 10.6. The number of Topliss-reactive ketones (excluding diaryl/α,β-unsaturated/α-hetero) is 1. The van der Waals surface area contributed by atoms with E-state index in [-0.39, 0.29) is 16.4 Å². The van der Waals surface area contributed by atoms with Gasteiger partial charge >= 0.3 is 0 Å². The van der Waals surface area contributed by atoms with Crippen LogP contribution in [0.3, 0.4) is 0 Å². The lowest BCUT2D eigenvalue weighted by Crippen LogP contribution is -1.94. The molecule has 0 saturated heterocycles. The molecule has 3 nitrogen and oxygen atoms in total. The van der Waals surface area contributed by atoms with Crippen molar-refractivity contribution in [2.45, 2.75) is 13.8 Å². The number of aliphatic hydroxyl groups excluding tert-OH is 1. The van der Waals surface area contributed by atoms with Gasteiger partial charge in [-0.1, -0.05) is 0 Å². The van der Waals surface area contributed by atoms with Crippen LogP contribution < -0.4 is 0 Å². The lowest BCUT2D eigenvalue weighted by molar-refractivity contribution is -0.113. The van der Waals surface area contributed by atoms with Crippen molar-refractivity contribution in [3.8, 4) is 5.40 Å². The minimum Gasteiger partial charge on any atom is -0.511 e. The molecule has 0 atom stereocenters. The highest BCUT2D eigenvalue weighted by atomic mass is 32.2. The number of ketones is 1. The Hall–Kier alpha value is -0.950. The molecule has 0 aromatic heterocycles. The van der Waals surface area contributed by atoms with E-state index >= 15 is 0 Å². The SMILES string of the molecule is CC(=O)C(SC#N)=C(C)O. The molecule has 0 aromatic carbocycles. The van der Waals surface area contributed by atoms with Crippen molar-refractivity contribution in [1.82, 2.24) is 0 Å². The van der Waals surface area contributed by atoms with E-state index in [1.807, 2.05) is 0 Å². The summed E-state index contributed by atoms with van der Waals surface area (Å²) in [5.41, 5.74) is 0. The molecule has 54 valence electrons. The second-order valence-electron chi connectivity index (χ2n) is 1.66. The van der Waals surface area contributed by atoms with Crippen LogP contribution in [0.2, 0.25) is 0 Å². The largest absolute Gasteiger partial charge is 0.511 e. The van der Waals surface area contributed by atoms with Gasteiger partial charge in [-0.05, 0) is 25.6 Å². The Morgan fingerprint density at radius 2 is 2.10 bits per heavy atom. The van der Waals surface area contributed by atoms with Crippen molar-refractivity contribution < 1.29 is 9.90 Å². The first-order chi connectivity index (χ1) is 4.59. The quantitative estimate of drug-likeness (QED) is 0.375. The van der Waals surface area contributed by atoms with Gasteiger partial charge in [-0.15, -0.1) is 0 Å². The Kier molecular flexibility index (Phi) is 3.59. The summed E-state index contributed by atoms with van der Waals surface area (Å²) >= 11 is 0.678. The number of hydrogen-bond donors (Lipinski definition) is 1. The van der Waals surface area contributed by atoms with Crippen LogP contribution in [0.1, 0.15) is 13.8 Å². The Bertz CT molecular complexity index is 210. The fraction of sp³-hybridized carbons (Fsp3) is 0.333. The van der Waals surface area contributed by atoms with Gasteiger partial charge in [0.2, 0.25) is 0 Å². The highest BCUT2D eigenvalue weighted by molar-refractivity contribution is 8.08. The number of rotatable bonds is 2. The van der Waals surface area contributed by atoms with Crippen LogP contribution in [0.15, 0.2) is 10.7 Å². The summed E-state index contributed by atoms with van der Waals surface area (Å²) in [6, 6.07) is 0. The summed E-state index contributed by atoms with van der Waals surface area (Å²) in [5, 5.41) is 18.7. The average Bonchev–Trinajstić information content (AvgIpc) is 1.81. The van der Waals surface area contributed by atoms with Crippen LogP contribution in [-0.4, -0.2) is 10.9 Å². The van der Waals surface area contributed by atoms with Crippen molar-refractivity contribution in [2.75, 3.05) is 0 Å². The first-order valence-corrected chi connectivity index (χ1v) is 3.38. The lowest BCUT2D eigenvalue weighted by atomic mass is 10.4. The number of nitrogens with zero attached hydrogens (tertiary/aromatic N) is 1. The standard InChI is InChI=1S/C6H7NO2S/c1-4(8)6(5(2)9)10-3-7/h8H,1-2H3. The van der Waals surface area contributed by atoms with Gasteiger partial charge in [0.05, 0.1) is 0 Å². The molecule has 10 heavy (non-hydrogen) atoms. The van der Waals surface area contributed by atoms with Crippen LogP contribution in [-0.2, 0) is 4.79 Å². The highest BCUT2D eigenvalue weighted by Gasteiger charge is 2.07. The van der Waals surface area contributed by atoms with Gasteiger partial charge in [-0.2, -0.15) is 5.26 Å². The zero-order valence-electron chi connectivity index (χ0n) is 5.71. The molecule has 0 heterocycles. The lowest BCUT2D eigenvalue weighted by Gasteiger charge is -1.95. The number of aliphatic hydroxyl groups is 1. The highest BCUT2D eigenvalue weighted by Crippen LogP contribution is 2.17. The predicted molar refractivity (Wildman–Crippen MR) is 39.2 cm³/mol. The summed E-state index contributed by atoms with van der Waals surface area (Å²) in [6.45, 7) is 2.68. The minimum atomic E-state index is -0.286. The van der Waals surface area contributed by atoms with Gasteiger partial charge in [0, 0.05) is 0 Å². The molecule has 1 N–H and O–H groups in total. The van der Waals surface area contributed by atoms with Crippen LogP contribution in [0, 0.1) is 10.7 Å². The minimum absolute atomic E-state index is 0.0981. The molecule has 0 bridgehead atoms. The van der Waals surface area contributed by atoms with Crippen molar-refractivity contribution in [3.05, 3.63) is 10.7 Å². The topological polar surface area (TPSA) is 61.1 Å². The summed E-state index contributed by atoms with van der Waals surface area (Å²) in [6.07, 6.45) is 0. The van der Waals surface area contributed by atoms with Crippen LogP contribution in [0.4, 0.5) is 0 Å². The first-order valence-electron chi connectivity index (χ1n) is 2.56. The summed E-state index contributed by atoms with van der Waals surface area (Å²) < 4.78 is 0. The third-order valence-electron chi connectivity index (χ3n) is 0.796. The fourth-order valence-electron chi connectivity index (χ4n) is 0.446. The summed E-state index contributed by atoms with van der Waals surface area (Å²) in [5.74, 6) is -0.384. The second-order valence-corrected chi connectivity index (χ2v) is 2.46. The predicted octanol–water partition coefficient (Wildman–Crippen LogP) is 1.58. The normalized spacial score (nSPS) is 11.7. The number of carbonyl (C=O) groups excluding carboxylic acids is 1. The Morgan fingerprint density at radius 3 is 2.20 bits per heavy atom. The number of hydrogen-bond acceptors (Lipinski definition) is 4. The molecule has 0 radical (unpaired) electrons. The van der Waals surface area contributed by atoms with Gasteiger partial charge in [-0.25, -0.2) is 0 Å². The molecular formula is C6H7NO2S. The molecule has 0 aliphatic carbocycles. The molecule has 0 aliphatic heterocycles. The van der Waals surface area contributed by atoms with E-state index in [1.54, 1.807) is 5.40 Å². The van der Waals surface area contributed by atoms with Crippen molar-refractivity contribution in [2.24, 2.45) is 0 Å². The van der Waals surface area contributed by atoms with Crippen LogP contribution >= 0.6 is 11.8 Å². The zero-order chi connectivity index (χ0) is 8.15. The van der Waals surface area contributed by atoms with Gasteiger partial charge in [0.15, 0.2) is 5.78 Å². The Balaban J connectivity index is 4.48. The monoisotopic (exact) mass is 157 g/mol. The molecular weight excluding hydrogens is 150 g/mol. The maximum absolute atomic E-state index is 10.6. The van der Waals surface area contributed by atoms with E-state index in [1.165, 1.54) is 13.8 Å². The molecule has 0 unspecified atom stereocenters. The second kappa shape index (κ2) is 3.96. The first kappa shape index (κ1) is 9.05. The van der Waals surface area contributed by atoms with E-state index in [0.29, 0.717) is 11.8 Å². The van der Waals surface area contributed by atoms with E-state index in [9.17, 15) is 4.79 Å². The van der Waals surface area contributed by atoms with Gasteiger partial charge in [-0.3, -0.25) is 4.79 Å². The zero-order valence-corrected chi connectivity index (χ0v) is 6.53. The molecule has 0 aromatic rings. The molecule has 0 rings (SSSR count). The van der Waals surface area contributed by atoms with E-state index < -0.39 is 0 Å². The summed E-state index contributed by atoms with van der Waals surface area (Å²) in [4.78, 5) is 10.7.